The summed E-state index contributed by atoms with van der Waals surface area (Å²) >= 11 is 0. The van der Waals surface area contributed by atoms with Crippen molar-refractivity contribution in [3.8, 4) is 17.1 Å². The zero-order chi connectivity index (χ0) is 23.4. The Kier molecular flexibility index (Phi) is 7.88. The molecule has 174 valence electrons. The van der Waals surface area contributed by atoms with Gasteiger partial charge in [-0.25, -0.2) is 15.0 Å². The van der Waals surface area contributed by atoms with Gasteiger partial charge in [-0.3, -0.25) is 0 Å². The van der Waals surface area contributed by atoms with Crippen LogP contribution in [-0.2, 0) is 0 Å². The highest BCUT2D eigenvalue weighted by atomic mass is 16.5. The predicted molar refractivity (Wildman–Crippen MR) is 133 cm³/mol. The van der Waals surface area contributed by atoms with Crippen molar-refractivity contribution in [2.75, 3.05) is 27.2 Å². The third kappa shape index (κ3) is 4.96. The minimum atomic E-state index is 0.338. The molecule has 3 aromatic rings. The van der Waals surface area contributed by atoms with Gasteiger partial charge in [0.2, 0.25) is 5.88 Å². The zero-order valence-electron chi connectivity index (χ0n) is 21.1. The first-order chi connectivity index (χ1) is 15.3. The predicted octanol–water partition coefficient (Wildman–Crippen LogP) is 5.93. The lowest BCUT2D eigenvalue weighted by Gasteiger charge is -2.25. The number of aromatic nitrogens is 4. The molecule has 3 rings (SSSR count). The van der Waals surface area contributed by atoms with Crippen LogP contribution in [0.4, 0.5) is 0 Å². The average Bonchev–Trinajstić information content (AvgIpc) is 3.09. The van der Waals surface area contributed by atoms with Crippen molar-refractivity contribution >= 4 is 11.2 Å². The Hall–Kier alpha value is -2.47. The van der Waals surface area contributed by atoms with Crippen molar-refractivity contribution in [1.29, 1.82) is 0 Å². The van der Waals surface area contributed by atoms with E-state index in [-0.39, 0.29) is 0 Å². The first kappa shape index (κ1) is 24.2. The molecule has 0 saturated carbocycles. The largest absolute Gasteiger partial charge is 0.480 e. The maximum absolute atomic E-state index is 5.64. The van der Waals surface area contributed by atoms with E-state index >= 15 is 0 Å². The zero-order valence-corrected chi connectivity index (χ0v) is 21.1. The van der Waals surface area contributed by atoms with E-state index in [1.54, 1.807) is 7.11 Å². The molecular weight excluding hydrogens is 398 g/mol. The van der Waals surface area contributed by atoms with Crippen molar-refractivity contribution in [1.82, 2.24) is 24.4 Å². The fraction of sp³-hybridized carbons (Fsp3) is 0.577. The van der Waals surface area contributed by atoms with Gasteiger partial charge < -0.3 is 14.2 Å². The van der Waals surface area contributed by atoms with Crippen LogP contribution in [0.1, 0.15) is 75.9 Å². The molecule has 0 radical (unpaired) electrons. The van der Waals surface area contributed by atoms with E-state index in [1.165, 1.54) is 12.8 Å². The smallest absolute Gasteiger partial charge is 0.222 e. The summed E-state index contributed by atoms with van der Waals surface area (Å²) in [4.78, 5) is 17.3. The van der Waals surface area contributed by atoms with Crippen LogP contribution in [0, 0.1) is 13.8 Å². The molecule has 6 heteroatoms. The van der Waals surface area contributed by atoms with E-state index < -0.39 is 0 Å². The summed E-state index contributed by atoms with van der Waals surface area (Å²) in [5, 5.41) is 0. The maximum Gasteiger partial charge on any atom is 0.222 e. The van der Waals surface area contributed by atoms with Gasteiger partial charge in [0.05, 0.1) is 24.1 Å². The number of aryl methyl sites for hydroxylation is 2. The third-order valence-corrected chi connectivity index (χ3v) is 6.20. The molecule has 1 atom stereocenters. The van der Waals surface area contributed by atoms with Crippen LogP contribution in [0.3, 0.4) is 0 Å². The van der Waals surface area contributed by atoms with Crippen LogP contribution in [-0.4, -0.2) is 51.7 Å². The van der Waals surface area contributed by atoms with Crippen LogP contribution < -0.4 is 4.74 Å². The first-order valence-corrected chi connectivity index (χ1v) is 11.9. The molecule has 0 aromatic carbocycles. The lowest BCUT2D eigenvalue weighted by Crippen LogP contribution is -2.28. The number of methoxy groups -OCH3 is 1. The van der Waals surface area contributed by atoms with Gasteiger partial charge in [0.15, 0.2) is 5.65 Å². The monoisotopic (exact) mass is 437 g/mol. The molecular formula is C26H39N5O. The fourth-order valence-electron chi connectivity index (χ4n) is 4.22. The Bertz CT molecular complexity index is 1060. The summed E-state index contributed by atoms with van der Waals surface area (Å²) in [6.07, 6.45) is 5.71. The number of pyridine rings is 1. The van der Waals surface area contributed by atoms with E-state index in [0.29, 0.717) is 17.8 Å². The van der Waals surface area contributed by atoms with Gasteiger partial charge in [-0.2, -0.15) is 0 Å². The second-order valence-electron chi connectivity index (χ2n) is 9.17. The van der Waals surface area contributed by atoms with Gasteiger partial charge in [0.1, 0.15) is 5.52 Å². The van der Waals surface area contributed by atoms with Crippen LogP contribution in [0.15, 0.2) is 18.3 Å². The highest BCUT2D eigenvalue weighted by Gasteiger charge is 2.21. The molecule has 1 unspecified atom stereocenters. The molecule has 0 amide bonds. The maximum atomic E-state index is 5.64. The summed E-state index contributed by atoms with van der Waals surface area (Å²) < 4.78 is 7.96. The van der Waals surface area contributed by atoms with Crippen molar-refractivity contribution in [2.45, 2.75) is 72.8 Å². The molecule has 0 N–H and O–H groups in total. The summed E-state index contributed by atoms with van der Waals surface area (Å²) in [6.45, 7) is 15.0. The minimum absolute atomic E-state index is 0.338. The highest BCUT2D eigenvalue weighted by Crippen LogP contribution is 2.33. The van der Waals surface area contributed by atoms with Gasteiger partial charge in [-0.05, 0) is 63.9 Å². The van der Waals surface area contributed by atoms with E-state index in [9.17, 15) is 0 Å². The Balaban J connectivity index is 2.04. The van der Waals surface area contributed by atoms with Gasteiger partial charge in [-0.1, -0.05) is 34.1 Å². The van der Waals surface area contributed by atoms with Gasteiger partial charge >= 0.3 is 0 Å². The second kappa shape index (κ2) is 10.4. The van der Waals surface area contributed by atoms with E-state index in [0.717, 1.165) is 58.9 Å². The lowest BCUT2D eigenvalue weighted by molar-refractivity contribution is 0.270. The molecule has 0 spiro atoms. The highest BCUT2D eigenvalue weighted by molar-refractivity contribution is 5.81. The molecule has 0 saturated heterocycles. The Morgan fingerprint density at radius 3 is 2.47 bits per heavy atom. The fourth-order valence-corrected chi connectivity index (χ4v) is 4.22. The number of hydrogen-bond acceptors (Lipinski definition) is 5. The number of rotatable bonds is 10. The molecule has 0 aliphatic carbocycles. The van der Waals surface area contributed by atoms with Gasteiger partial charge in [0.25, 0.3) is 0 Å². The standard InChI is InChI=1S/C26H39N5O/c1-9-11-14-30(7)16-20(10-2)31-15-18(5)23-25(31)27-19(6)24(29-23)21-12-13-22(17(3)4)28-26(21)32-8/h12-13,15,17,20H,9-11,14,16H2,1-8H3. The molecule has 3 heterocycles. The molecule has 32 heavy (non-hydrogen) atoms. The third-order valence-electron chi connectivity index (χ3n) is 6.20. The van der Waals surface area contributed by atoms with Crippen LogP contribution >= 0.6 is 0 Å². The quantitative estimate of drug-likeness (QED) is 0.394. The van der Waals surface area contributed by atoms with Crippen molar-refractivity contribution < 1.29 is 4.74 Å². The summed E-state index contributed by atoms with van der Waals surface area (Å²) in [7, 11) is 3.88. The van der Waals surface area contributed by atoms with Crippen LogP contribution in [0.25, 0.3) is 22.4 Å². The van der Waals surface area contributed by atoms with E-state index in [1.807, 2.05) is 6.92 Å². The summed E-state index contributed by atoms with van der Waals surface area (Å²) in [5.74, 6) is 0.944. The van der Waals surface area contributed by atoms with Crippen LogP contribution in [0.5, 0.6) is 5.88 Å². The number of likely N-dealkylation sites (N-methyl/N-ethyl adjacent to an activating group) is 1. The normalized spacial score (nSPS) is 12.8. The Morgan fingerprint density at radius 1 is 1.09 bits per heavy atom. The molecule has 0 fully saturated rings. The number of ether oxygens (including phenoxy) is 1. The second-order valence-corrected chi connectivity index (χ2v) is 9.17. The summed E-state index contributed by atoms with van der Waals surface area (Å²) in [6, 6.07) is 4.49. The number of fused-ring (bicyclic) bond motifs is 1. The molecule has 6 nitrogen and oxygen atoms in total. The molecule has 0 bridgehead atoms. The molecule has 0 aliphatic rings. The minimum Gasteiger partial charge on any atom is -0.480 e. The van der Waals surface area contributed by atoms with E-state index in [4.69, 9.17) is 19.7 Å². The SMILES string of the molecule is CCCCN(C)CC(CC)n1cc(C)c2nc(-c3ccc(C(C)C)nc3OC)c(C)nc21. The number of unbranched alkanes of at least 4 members (excludes halogenated alkanes) is 1. The summed E-state index contributed by atoms with van der Waals surface area (Å²) in [5.41, 5.74) is 6.70. The number of nitrogens with zero attached hydrogens (tertiary/aromatic N) is 5. The lowest BCUT2D eigenvalue weighted by atomic mass is 10.1. The molecule has 0 aliphatic heterocycles. The topological polar surface area (TPSA) is 56.1 Å². The van der Waals surface area contributed by atoms with Crippen molar-refractivity contribution in [3.63, 3.8) is 0 Å². The Labute approximate surface area is 193 Å². The van der Waals surface area contributed by atoms with Gasteiger partial charge in [-0.15, -0.1) is 0 Å². The number of hydrogen-bond donors (Lipinski definition) is 0. The van der Waals surface area contributed by atoms with E-state index in [2.05, 4.69) is 69.5 Å². The first-order valence-electron chi connectivity index (χ1n) is 11.9. The average molecular weight is 438 g/mol. The van der Waals surface area contributed by atoms with Crippen LogP contribution in [0.2, 0.25) is 0 Å². The van der Waals surface area contributed by atoms with Crippen molar-refractivity contribution in [2.24, 2.45) is 0 Å². The van der Waals surface area contributed by atoms with Crippen molar-refractivity contribution in [3.05, 3.63) is 35.3 Å². The molecule has 3 aromatic heterocycles. The Morgan fingerprint density at radius 2 is 1.84 bits per heavy atom. The van der Waals surface area contributed by atoms with Gasteiger partial charge in [0, 0.05) is 24.5 Å².